The molecule has 1 aromatic heterocycles. The van der Waals surface area contributed by atoms with Crippen molar-refractivity contribution in [3.05, 3.63) is 10.4 Å². The van der Waals surface area contributed by atoms with Crippen molar-refractivity contribution in [2.75, 3.05) is 24.2 Å². The molecule has 1 saturated heterocycles. The lowest BCUT2D eigenvalue weighted by Crippen LogP contribution is -2.26. The third-order valence-electron chi connectivity index (χ3n) is 4.05. The number of hydrogen-bond donors (Lipinski definition) is 2. The summed E-state index contributed by atoms with van der Waals surface area (Å²) in [5.74, 6) is 0.616. The molecule has 20 heavy (non-hydrogen) atoms. The van der Waals surface area contributed by atoms with E-state index in [4.69, 9.17) is 10.5 Å². The highest BCUT2D eigenvalue weighted by Gasteiger charge is 2.32. The number of anilines is 2. The van der Waals surface area contributed by atoms with Gasteiger partial charge in [-0.1, -0.05) is 0 Å². The Balaban J connectivity index is 1.74. The van der Waals surface area contributed by atoms with E-state index in [2.05, 4.69) is 5.32 Å². The van der Waals surface area contributed by atoms with Crippen LogP contribution in [0.5, 0.6) is 0 Å². The molecule has 1 saturated carbocycles. The van der Waals surface area contributed by atoms with Crippen molar-refractivity contribution in [2.24, 2.45) is 0 Å². The van der Waals surface area contributed by atoms with E-state index in [0.717, 1.165) is 24.6 Å². The highest BCUT2D eigenvalue weighted by atomic mass is 32.1. The van der Waals surface area contributed by atoms with E-state index in [9.17, 15) is 4.79 Å². The first-order chi connectivity index (χ1) is 9.66. The Labute approximate surface area is 123 Å². The Kier molecular flexibility index (Phi) is 3.98. The number of Topliss-reactive ketones (excluding diaryl/α,β-unsaturated/α-hetero) is 1. The Bertz CT molecular complexity index is 502. The van der Waals surface area contributed by atoms with E-state index in [1.807, 2.05) is 0 Å². The minimum atomic E-state index is 0.0661. The fraction of sp³-hybridized carbons (Fsp3) is 0.667. The maximum Gasteiger partial charge on any atom is 0.171 e. The Morgan fingerprint density at radius 2 is 2.20 bits per heavy atom. The molecule has 3 rings (SSSR count). The highest BCUT2D eigenvalue weighted by molar-refractivity contribution is 7.18. The van der Waals surface area contributed by atoms with Crippen LogP contribution in [0.3, 0.4) is 0 Å². The van der Waals surface area contributed by atoms with E-state index in [1.165, 1.54) is 42.6 Å². The Morgan fingerprint density at radius 3 is 2.80 bits per heavy atom. The topological polar surface area (TPSA) is 64.3 Å². The van der Waals surface area contributed by atoms with Crippen molar-refractivity contribution in [1.29, 1.82) is 0 Å². The van der Waals surface area contributed by atoms with Crippen LogP contribution < -0.4 is 11.1 Å². The van der Waals surface area contributed by atoms with Crippen molar-refractivity contribution < 1.29 is 9.53 Å². The van der Waals surface area contributed by atoms with Crippen LogP contribution >= 0.6 is 11.3 Å². The standard InChI is InChI=1S/C15H22N2O2S/c1-9(18)14-13(16)12(10-5-6-10)15(20-14)17-8-11-4-2-3-7-19-11/h10-11,17H,2-8,16H2,1H3. The number of nitrogens with one attached hydrogen (secondary N) is 1. The molecular formula is C15H22N2O2S. The molecule has 2 heterocycles. The molecule has 1 aromatic rings. The van der Waals surface area contributed by atoms with Crippen LogP contribution in [-0.4, -0.2) is 25.0 Å². The fourth-order valence-electron chi connectivity index (χ4n) is 2.80. The second-order valence-electron chi connectivity index (χ2n) is 5.79. The quantitative estimate of drug-likeness (QED) is 0.817. The second kappa shape index (κ2) is 5.74. The molecule has 3 N–H and O–H groups in total. The van der Waals surface area contributed by atoms with Crippen LogP contribution in [0.15, 0.2) is 0 Å². The van der Waals surface area contributed by atoms with Crippen molar-refractivity contribution in [2.45, 2.75) is 51.0 Å². The molecular weight excluding hydrogens is 272 g/mol. The summed E-state index contributed by atoms with van der Waals surface area (Å²) in [7, 11) is 0. The number of thiophene rings is 1. The van der Waals surface area contributed by atoms with Crippen LogP contribution in [-0.2, 0) is 4.74 Å². The minimum Gasteiger partial charge on any atom is -0.397 e. The summed E-state index contributed by atoms with van der Waals surface area (Å²) >= 11 is 1.51. The molecule has 1 atom stereocenters. The number of carbonyl (C=O) groups is 1. The van der Waals surface area contributed by atoms with Gasteiger partial charge in [-0.15, -0.1) is 11.3 Å². The molecule has 0 amide bonds. The number of carbonyl (C=O) groups excluding carboxylic acids is 1. The van der Waals surface area contributed by atoms with Crippen molar-refractivity contribution in [3.8, 4) is 0 Å². The zero-order valence-electron chi connectivity index (χ0n) is 11.9. The van der Waals surface area contributed by atoms with Crippen LogP contribution in [0.4, 0.5) is 10.7 Å². The lowest BCUT2D eigenvalue weighted by Gasteiger charge is -2.23. The first-order valence-electron chi connectivity index (χ1n) is 7.45. The van der Waals surface area contributed by atoms with Gasteiger partial charge in [-0.25, -0.2) is 0 Å². The van der Waals surface area contributed by atoms with Gasteiger partial charge in [0.25, 0.3) is 0 Å². The molecule has 0 radical (unpaired) electrons. The van der Waals surface area contributed by atoms with Gasteiger partial charge in [-0.3, -0.25) is 4.79 Å². The van der Waals surface area contributed by atoms with Crippen LogP contribution in [0.2, 0.25) is 0 Å². The van der Waals surface area contributed by atoms with Gasteiger partial charge in [-0.05, 0) is 38.0 Å². The summed E-state index contributed by atoms with van der Waals surface area (Å²) in [6, 6.07) is 0. The molecule has 1 aliphatic heterocycles. The van der Waals surface area contributed by atoms with E-state index in [0.29, 0.717) is 22.6 Å². The number of hydrogen-bond acceptors (Lipinski definition) is 5. The smallest absolute Gasteiger partial charge is 0.171 e. The Morgan fingerprint density at radius 1 is 1.40 bits per heavy atom. The van der Waals surface area contributed by atoms with Gasteiger partial charge in [0.2, 0.25) is 0 Å². The summed E-state index contributed by atoms with van der Waals surface area (Å²) in [5.41, 5.74) is 8.06. The third kappa shape index (κ3) is 2.83. The van der Waals surface area contributed by atoms with Crippen LogP contribution in [0.1, 0.15) is 60.2 Å². The summed E-state index contributed by atoms with van der Waals surface area (Å²) in [5, 5.41) is 4.57. The summed E-state index contributed by atoms with van der Waals surface area (Å²) in [4.78, 5) is 12.4. The van der Waals surface area contributed by atoms with Gasteiger partial charge in [0.15, 0.2) is 5.78 Å². The molecule has 5 heteroatoms. The number of nitrogens with two attached hydrogens (primary N) is 1. The summed E-state index contributed by atoms with van der Waals surface area (Å²) in [6.45, 7) is 3.27. The number of rotatable bonds is 5. The fourth-order valence-corrected chi connectivity index (χ4v) is 3.91. The normalized spacial score (nSPS) is 22.8. The SMILES string of the molecule is CC(=O)c1sc(NCC2CCCCO2)c(C2CC2)c1N. The monoisotopic (exact) mass is 294 g/mol. The largest absolute Gasteiger partial charge is 0.397 e. The van der Waals surface area contributed by atoms with E-state index < -0.39 is 0 Å². The van der Waals surface area contributed by atoms with Gasteiger partial charge in [0.05, 0.1) is 21.7 Å². The molecule has 0 bridgehead atoms. The van der Waals surface area contributed by atoms with Crippen LogP contribution in [0.25, 0.3) is 0 Å². The maximum atomic E-state index is 11.7. The molecule has 1 aliphatic carbocycles. The number of nitrogen functional groups attached to an aromatic ring is 1. The molecule has 0 aromatic carbocycles. The van der Waals surface area contributed by atoms with Crippen molar-refractivity contribution >= 4 is 27.8 Å². The molecule has 1 unspecified atom stereocenters. The zero-order chi connectivity index (χ0) is 14.1. The lowest BCUT2D eigenvalue weighted by atomic mass is 10.1. The predicted octanol–water partition coefficient (Wildman–Crippen LogP) is 3.39. The second-order valence-corrected chi connectivity index (χ2v) is 6.81. The number of ether oxygens (including phenoxy) is 1. The molecule has 4 nitrogen and oxygen atoms in total. The molecule has 0 spiro atoms. The van der Waals surface area contributed by atoms with Crippen molar-refractivity contribution in [1.82, 2.24) is 0 Å². The van der Waals surface area contributed by atoms with Gasteiger partial charge < -0.3 is 15.8 Å². The molecule has 2 fully saturated rings. The average molecular weight is 294 g/mol. The van der Waals surface area contributed by atoms with Gasteiger partial charge in [0, 0.05) is 25.6 Å². The van der Waals surface area contributed by atoms with Crippen LogP contribution in [0, 0.1) is 0 Å². The zero-order valence-corrected chi connectivity index (χ0v) is 12.7. The van der Waals surface area contributed by atoms with Gasteiger partial charge in [-0.2, -0.15) is 0 Å². The van der Waals surface area contributed by atoms with E-state index in [1.54, 1.807) is 6.92 Å². The lowest BCUT2D eigenvalue weighted by molar-refractivity contribution is 0.0248. The highest BCUT2D eigenvalue weighted by Crippen LogP contribution is 2.50. The average Bonchev–Trinajstić information content (AvgIpc) is 3.21. The van der Waals surface area contributed by atoms with Crippen molar-refractivity contribution in [3.63, 3.8) is 0 Å². The maximum absolute atomic E-state index is 11.7. The van der Waals surface area contributed by atoms with E-state index >= 15 is 0 Å². The first kappa shape index (κ1) is 13.9. The minimum absolute atomic E-state index is 0.0661. The molecule has 110 valence electrons. The third-order valence-corrected chi connectivity index (χ3v) is 5.33. The number of ketones is 1. The van der Waals surface area contributed by atoms with Gasteiger partial charge in [0.1, 0.15) is 0 Å². The first-order valence-corrected chi connectivity index (χ1v) is 8.27. The van der Waals surface area contributed by atoms with Gasteiger partial charge >= 0.3 is 0 Å². The molecule has 2 aliphatic rings. The van der Waals surface area contributed by atoms with E-state index in [-0.39, 0.29) is 5.78 Å². The predicted molar refractivity (Wildman–Crippen MR) is 82.8 cm³/mol. The summed E-state index contributed by atoms with van der Waals surface area (Å²) in [6.07, 6.45) is 6.20. The Hall–Kier alpha value is -1.07. The summed E-state index contributed by atoms with van der Waals surface area (Å²) < 4.78 is 5.74.